The van der Waals surface area contributed by atoms with Crippen molar-refractivity contribution in [3.05, 3.63) is 71.3 Å². The number of hydrogen-bond acceptors (Lipinski definition) is 3. The highest BCUT2D eigenvalue weighted by Gasteiger charge is 2.34. The Morgan fingerprint density at radius 2 is 1.81 bits per heavy atom. The Balaban J connectivity index is 1.70. The minimum atomic E-state index is -0.953. The number of hydrogen-bond donors (Lipinski definition) is 1. The van der Waals surface area contributed by atoms with Crippen molar-refractivity contribution in [1.29, 1.82) is 0 Å². The monoisotopic (exact) mass is 353 g/mol. The third-order valence-electron chi connectivity index (χ3n) is 4.76. The van der Waals surface area contributed by atoms with Gasteiger partial charge in [0.25, 0.3) is 0 Å². The van der Waals surface area contributed by atoms with E-state index in [1.807, 2.05) is 30.3 Å². The summed E-state index contributed by atoms with van der Waals surface area (Å²) < 4.78 is 5.93. The lowest BCUT2D eigenvalue weighted by Gasteiger charge is -2.33. The minimum Gasteiger partial charge on any atom is -0.478 e. The van der Waals surface area contributed by atoms with Crippen LogP contribution in [-0.4, -0.2) is 35.5 Å². The number of rotatable bonds is 5. The highest BCUT2D eigenvalue weighted by atomic mass is 16.5. The average molecular weight is 353 g/mol. The van der Waals surface area contributed by atoms with Gasteiger partial charge in [0.2, 0.25) is 5.91 Å². The van der Waals surface area contributed by atoms with Crippen molar-refractivity contribution in [3.63, 3.8) is 0 Å². The van der Waals surface area contributed by atoms with Crippen molar-refractivity contribution in [1.82, 2.24) is 4.90 Å². The molecule has 1 saturated heterocycles. The second kappa shape index (κ2) is 8.15. The third-order valence-corrected chi connectivity index (χ3v) is 4.76. The van der Waals surface area contributed by atoms with Gasteiger partial charge >= 0.3 is 5.97 Å². The number of aromatic carboxylic acids is 1. The molecule has 0 bridgehead atoms. The van der Waals surface area contributed by atoms with E-state index in [2.05, 4.69) is 0 Å². The number of amides is 1. The fourth-order valence-corrected chi connectivity index (χ4v) is 3.39. The van der Waals surface area contributed by atoms with Crippen molar-refractivity contribution in [2.45, 2.75) is 25.5 Å². The van der Waals surface area contributed by atoms with Crippen LogP contribution in [0.1, 0.15) is 40.4 Å². The zero-order valence-corrected chi connectivity index (χ0v) is 14.8. The van der Waals surface area contributed by atoms with E-state index in [1.165, 1.54) is 0 Å². The minimum absolute atomic E-state index is 0.0564. The highest BCUT2D eigenvalue weighted by molar-refractivity contribution is 5.87. The molecule has 1 aliphatic rings. The van der Waals surface area contributed by atoms with E-state index in [1.54, 1.807) is 36.2 Å². The SMILES string of the molecule is CN(Cc1ccc(C(=O)O)cc1)C(=O)C1CCCOC1c1ccccc1. The van der Waals surface area contributed by atoms with Gasteiger partial charge in [0.05, 0.1) is 17.6 Å². The summed E-state index contributed by atoms with van der Waals surface area (Å²) in [6, 6.07) is 16.5. The summed E-state index contributed by atoms with van der Waals surface area (Å²) in [6.45, 7) is 1.11. The molecule has 2 atom stereocenters. The van der Waals surface area contributed by atoms with Crippen molar-refractivity contribution >= 4 is 11.9 Å². The van der Waals surface area contributed by atoms with Gasteiger partial charge in [-0.2, -0.15) is 0 Å². The van der Waals surface area contributed by atoms with Crippen LogP contribution in [0.2, 0.25) is 0 Å². The first-order valence-electron chi connectivity index (χ1n) is 8.80. The highest BCUT2D eigenvalue weighted by Crippen LogP contribution is 2.34. The summed E-state index contributed by atoms with van der Waals surface area (Å²) in [5, 5.41) is 8.97. The molecule has 26 heavy (non-hydrogen) atoms. The van der Waals surface area contributed by atoms with Crippen LogP contribution >= 0.6 is 0 Å². The number of nitrogens with zero attached hydrogens (tertiary/aromatic N) is 1. The maximum absolute atomic E-state index is 13.0. The molecule has 1 heterocycles. The Hall–Kier alpha value is -2.66. The van der Waals surface area contributed by atoms with Gasteiger partial charge in [-0.15, -0.1) is 0 Å². The maximum Gasteiger partial charge on any atom is 0.335 e. The number of carbonyl (C=O) groups excluding carboxylic acids is 1. The Morgan fingerprint density at radius 1 is 1.12 bits per heavy atom. The van der Waals surface area contributed by atoms with E-state index < -0.39 is 5.97 Å². The van der Waals surface area contributed by atoms with Gasteiger partial charge in [0, 0.05) is 20.2 Å². The fraction of sp³-hybridized carbons (Fsp3) is 0.333. The second-order valence-corrected chi connectivity index (χ2v) is 6.65. The van der Waals surface area contributed by atoms with Crippen molar-refractivity contribution in [3.8, 4) is 0 Å². The molecule has 2 aromatic carbocycles. The summed E-state index contributed by atoms with van der Waals surface area (Å²) in [4.78, 5) is 25.7. The van der Waals surface area contributed by atoms with E-state index in [0.29, 0.717) is 13.2 Å². The summed E-state index contributed by atoms with van der Waals surface area (Å²) in [7, 11) is 1.78. The van der Waals surface area contributed by atoms with Crippen LogP contribution in [0, 0.1) is 5.92 Å². The Labute approximate surface area is 153 Å². The van der Waals surface area contributed by atoms with E-state index in [0.717, 1.165) is 24.0 Å². The van der Waals surface area contributed by atoms with E-state index in [4.69, 9.17) is 9.84 Å². The first-order valence-corrected chi connectivity index (χ1v) is 8.80. The Kier molecular flexibility index (Phi) is 5.68. The molecule has 5 heteroatoms. The molecule has 1 aliphatic heterocycles. The van der Waals surface area contributed by atoms with Crippen LogP contribution in [0.15, 0.2) is 54.6 Å². The van der Waals surface area contributed by atoms with E-state index in [9.17, 15) is 9.59 Å². The van der Waals surface area contributed by atoms with Gasteiger partial charge in [0.15, 0.2) is 0 Å². The quantitative estimate of drug-likeness (QED) is 0.893. The molecule has 2 aromatic rings. The number of carboxylic acids is 1. The lowest BCUT2D eigenvalue weighted by atomic mass is 9.88. The predicted molar refractivity (Wildman–Crippen MR) is 97.7 cm³/mol. The molecule has 0 saturated carbocycles. The first kappa shape index (κ1) is 18.1. The molecule has 1 fully saturated rings. The molecule has 2 unspecified atom stereocenters. The van der Waals surface area contributed by atoms with Crippen LogP contribution in [0.25, 0.3) is 0 Å². The van der Waals surface area contributed by atoms with Gasteiger partial charge in [-0.25, -0.2) is 4.79 Å². The van der Waals surface area contributed by atoms with Gasteiger partial charge in [-0.05, 0) is 36.1 Å². The molecule has 0 spiro atoms. The Bertz CT molecular complexity index is 757. The summed E-state index contributed by atoms with van der Waals surface area (Å²) >= 11 is 0. The van der Waals surface area contributed by atoms with Crippen molar-refractivity contribution < 1.29 is 19.4 Å². The van der Waals surface area contributed by atoms with Gasteiger partial charge in [0.1, 0.15) is 0 Å². The van der Waals surface area contributed by atoms with Crippen molar-refractivity contribution in [2.75, 3.05) is 13.7 Å². The van der Waals surface area contributed by atoms with E-state index in [-0.39, 0.29) is 23.5 Å². The maximum atomic E-state index is 13.0. The standard InChI is InChI=1S/C21H23NO4/c1-22(14-15-9-11-17(12-10-15)21(24)25)20(23)18-8-5-13-26-19(18)16-6-3-2-4-7-16/h2-4,6-7,9-12,18-19H,5,8,13-14H2,1H3,(H,24,25). The largest absolute Gasteiger partial charge is 0.478 e. The van der Waals surface area contributed by atoms with Crippen LogP contribution in [-0.2, 0) is 16.1 Å². The zero-order chi connectivity index (χ0) is 18.5. The molecule has 0 aliphatic carbocycles. The fourth-order valence-electron chi connectivity index (χ4n) is 3.39. The lowest BCUT2D eigenvalue weighted by Crippen LogP contribution is -2.38. The molecule has 1 amide bonds. The van der Waals surface area contributed by atoms with Gasteiger partial charge < -0.3 is 14.7 Å². The normalized spacial score (nSPS) is 19.7. The van der Waals surface area contributed by atoms with Crippen LogP contribution in [0.3, 0.4) is 0 Å². The Morgan fingerprint density at radius 3 is 2.46 bits per heavy atom. The zero-order valence-electron chi connectivity index (χ0n) is 14.8. The predicted octanol–water partition coefficient (Wildman–Crippen LogP) is 3.51. The lowest BCUT2D eigenvalue weighted by molar-refractivity contribution is -0.144. The van der Waals surface area contributed by atoms with Crippen LogP contribution < -0.4 is 0 Å². The molecular weight excluding hydrogens is 330 g/mol. The first-order chi connectivity index (χ1) is 12.6. The van der Waals surface area contributed by atoms with Crippen molar-refractivity contribution in [2.24, 2.45) is 5.92 Å². The van der Waals surface area contributed by atoms with Gasteiger partial charge in [-0.3, -0.25) is 4.79 Å². The molecular formula is C21H23NO4. The molecule has 0 radical (unpaired) electrons. The molecule has 136 valence electrons. The third kappa shape index (κ3) is 4.11. The molecule has 3 rings (SSSR count). The number of carboxylic acid groups (broad SMARTS) is 1. The summed E-state index contributed by atoms with van der Waals surface area (Å²) in [6.07, 6.45) is 1.47. The smallest absolute Gasteiger partial charge is 0.335 e. The average Bonchev–Trinajstić information content (AvgIpc) is 2.68. The number of ether oxygens (including phenoxy) is 1. The van der Waals surface area contributed by atoms with Crippen LogP contribution in [0.5, 0.6) is 0 Å². The summed E-state index contributed by atoms with van der Waals surface area (Å²) in [5.74, 6) is -1.10. The van der Waals surface area contributed by atoms with Gasteiger partial charge in [-0.1, -0.05) is 42.5 Å². The number of carbonyl (C=O) groups is 2. The topological polar surface area (TPSA) is 66.8 Å². The molecule has 5 nitrogen and oxygen atoms in total. The van der Waals surface area contributed by atoms with Crippen LogP contribution in [0.4, 0.5) is 0 Å². The second-order valence-electron chi connectivity index (χ2n) is 6.65. The summed E-state index contributed by atoms with van der Waals surface area (Å²) in [5.41, 5.74) is 2.18. The molecule has 0 aromatic heterocycles. The number of benzene rings is 2. The molecule has 1 N–H and O–H groups in total. The van der Waals surface area contributed by atoms with E-state index >= 15 is 0 Å².